The Balaban J connectivity index is 2.55. The van der Waals surface area contributed by atoms with Crippen LogP contribution in [0.1, 0.15) is 20.8 Å². The molecule has 3 N–H and O–H groups in total. The van der Waals surface area contributed by atoms with E-state index in [2.05, 4.69) is 0 Å². The molecule has 0 aromatic heterocycles. The van der Waals surface area contributed by atoms with Crippen molar-refractivity contribution in [1.82, 2.24) is 0 Å². The predicted molar refractivity (Wildman–Crippen MR) is 78.4 cm³/mol. The average Bonchev–Trinajstić information content (AvgIpc) is 2.82. The molecule has 5 atom stereocenters. The van der Waals surface area contributed by atoms with Gasteiger partial charge in [-0.25, -0.2) is 0 Å². The summed E-state index contributed by atoms with van der Waals surface area (Å²) < 4.78 is 10.4. The predicted octanol–water partition coefficient (Wildman–Crippen LogP) is 0.663. The third kappa shape index (κ3) is 5.08. The lowest BCUT2D eigenvalue weighted by Crippen LogP contribution is -2.48. The van der Waals surface area contributed by atoms with E-state index in [9.17, 15) is 15.3 Å². The Labute approximate surface area is 123 Å². The Bertz CT molecular complexity index is 250. The SMILES string of the molecule is CCSC(SCC)C(O)C(O)C(O)C1COC(C)O1. The van der Waals surface area contributed by atoms with Crippen LogP contribution in [0.25, 0.3) is 0 Å². The van der Waals surface area contributed by atoms with Crippen molar-refractivity contribution in [2.24, 2.45) is 0 Å². The van der Waals surface area contributed by atoms with Crippen molar-refractivity contribution >= 4 is 23.5 Å². The van der Waals surface area contributed by atoms with Crippen LogP contribution >= 0.6 is 23.5 Å². The number of hydrogen-bond donors (Lipinski definition) is 3. The molecule has 1 aliphatic heterocycles. The van der Waals surface area contributed by atoms with E-state index in [-0.39, 0.29) is 17.5 Å². The van der Waals surface area contributed by atoms with Crippen LogP contribution in [-0.2, 0) is 9.47 Å². The number of aliphatic hydroxyl groups excluding tert-OH is 3. The van der Waals surface area contributed by atoms with E-state index < -0.39 is 24.4 Å². The van der Waals surface area contributed by atoms with Gasteiger partial charge < -0.3 is 24.8 Å². The summed E-state index contributed by atoms with van der Waals surface area (Å²) in [7, 11) is 0. The van der Waals surface area contributed by atoms with Crippen LogP contribution in [0.4, 0.5) is 0 Å². The summed E-state index contributed by atoms with van der Waals surface area (Å²) in [6, 6.07) is 0. The molecule has 0 aromatic carbocycles. The van der Waals surface area contributed by atoms with Gasteiger partial charge in [-0.2, -0.15) is 0 Å². The van der Waals surface area contributed by atoms with Gasteiger partial charge in [0.15, 0.2) is 6.29 Å². The average molecular weight is 312 g/mol. The summed E-state index contributed by atoms with van der Waals surface area (Å²) in [6.45, 7) is 5.97. The fourth-order valence-electron chi connectivity index (χ4n) is 1.89. The minimum Gasteiger partial charge on any atom is -0.388 e. The minimum absolute atomic E-state index is 0.153. The number of ether oxygens (including phenoxy) is 2. The number of hydrogen-bond acceptors (Lipinski definition) is 7. The first-order valence-corrected chi connectivity index (χ1v) is 8.65. The molecule has 0 bridgehead atoms. The molecule has 0 radical (unpaired) electrons. The highest BCUT2D eigenvalue weighted by Gasteiger charge is 2.39. The lowest BCUT2D eigenvalue weighted by atomic mass is 10.0. The van der Waals surface area contributed by atoms with Crippen molar-refractivity contribution in [2.45, 2.75) is 56.1 Å². The summed E-state index contributed by atoms with van der Waals surface area (Å²) >= 11 is 3.14. The van der Waals surface area contributed by atoms with E-state index in [4.69, 9.17) is 9.47 Å². The topological polar surface area (TPSA) is 79.2 Å². The number of aliphatic hydroxyl groups is 3. The molecule has 5 nitrogen and oxygen atoms in total. The highest BCUT2D eigenvalue weighted by atomic mass is 32.2. The van der Waals surface area contributed by atoms with E-state index in [1.54, 1.807) is 30.4 Å². The van der Waals surface area contributed by atoms with Gasteiger partial charge in [-0.3, -0.25) is 0 Å². The first-order chi connectivity index (χ1) is 9.01. The lowest BCUT2D eigenvalue weighted by molar-refractivity contribution is -0.120. The zero-order valence-electron chi connectivity index (χ0n) is 11.6. The molecule has 1 rings (SSSR count). The maximum absolute atomic E-state index is 10.2. The third-order valence-electron chi connectivity index (χ3n) is 2.88. The van der Waals surface area contributed by atoms with Crippen LogP contribution in [0.3, 0.4) is 0 Å². The number of thioether (sulfide) groups is 2. The van der Waals surface area contributed by atoms with E-state index in [1.807, 2.05) is 13.8 Å². The lowest BCUT2D eigenvalue weighted by Gasteiger charge is -2.30. The Hall–Kier alpha value is 0.500. The summed E-state index contributed by atoms with van der Waals surface area (Å²) in [5, 5.41) is 30.3. The van der Waals surface area contributed by atoms with Crippen molar-refractivity contribution in [2.75, 3.05) is 18.1 Å². The molecule has 1 aliphatic rings. The van der Waals surface area contributed by atoms with Gasteiger partial charge in [0, 0.05) is 0 Å². The monoisotopic (exact) mass is 312 g/mol. The van der Waals surface area contributed by atoms with Gasteiger partial charge in [-0.15, -0.1) is 23.5 Å². The van der Waals surface area contributed by atoms with Crippen molar-refractivity contribution in [3.63, 3.8) is 0 Å². The fraction of sp³-hybridized carbons (Fsp3) is 1.00. The normalized spacial score (nSPS) is 28.6. The molecule has 114 valence electrons. The molecular weight excluding hydrogens is 288 g/mol. The Kier molecular flexibility index (Phi) is 8.05. The van der Waals surface area contributed by atoms with E-state index in [1.165, 1.54) is 0 Å². The molecule has 1 heterocycles. The Morgan fingerprint density at radius 2 is 1.68 bits per heavy atom. The highest BCUT2D eigenvalue weighted by molar-refractivity contribution is 8.17. The highest BCUT2D eigenvalue weighted by Crippen LogP contribution is 2.30. The van der Waals surface area contributed by atoms with Crippen LogP contribution in [0.15, 0.2) is 0 Å². The van der Waals surface area contributed by atoms with Crippen LogP contribution in [0, 0.1) is 0 Å². The molecule has 0 aliphatic carbocycles. The smallest absolute Gasteiger partial charge is 0.155 e. The molecule has 0 amide bonds. The minimum atomic E-state index is -1.23. The zero-order chi connectivity index (χ0) is 14.4. The van der Waals surface area contributed by atoms with Gasteiger partial charge in [-0.05, 0) is 18.4 Å². The fourth-order valence-corrected chi connectivity index (χ4v) is 4.47. The zero-order valence-corrected chi connectivity index (χ0v) is 13.2. The van der Waals surface area contributed by atoms with Gasteiger partial charge in [0.2, 0.25) is 0 Å². The van der Waals surface area contributed by atoms with E-state index in [0.29, 0.717) is 0 Å². The maximum Gasteiger partial charge on any atom is 0.155 e. The number of rotatable bonds is 8. The molecule has 0 spiro atoms. The van der Waals surface area contributed by atoms with Gasteiger partial charge in [0.25, 0.3) is 0 Å². The second-order valence-electron chi connectivity index (χ2n) is 4.33. The van der Waals surface area contributed by atoms with Crippen molar-refractivity contribution in [3.05, 3.63) is 0 Å². The van der Waals surface area contributed by atoms with Crippen LogP contribution < -0.4 is 0 Å². The molecule has 19 heavy (non-hydrogen) atoms. The molecule has 0 aromatic rings. The molecule has 0 saturated carbocycles. The van der Waals surface area contributed by atoms with Crippen molar-refractivity contribution in [1.29, 1.82) is 0 Å². The van der Waals surface area contributed by atoms with Gasteiger partial charge in [0.1, 0.15) is 24.4 Å². The summed E-state index contributed by atoms with van der Waals surface area (Å²) in [4.78, 5) is 0. The summed E-state index contributed by atoms with van der Waals surface area (Å²) in [6.07, 6.45) is -4.34. The molecule has 1 saturated heterocycles. The van der Waals surface area contributed by atoms with E-state index >= 15 is 0 Å². The third-order valence-corrected chi connectivity index (χ3v) is 5.58. The van der Waals surface area contributed by atoms with E-state index in [0.717, 1.165) is 11.5 Å². The second-order valence-corrected chi connectivity index (χ2v) is 7.46. The molecule has 5 unspecified atom stereocenters. The molecule has 1 fully saturated rings. The second kappa shape index (κ2) is 8.71. The Morgan fingerprint density at radius 1 is 1.11 bits per heavy atom. The Morgan fingerprint density at radius 3 is 2.11 bits per heavy atom. The van der Waals surface area contributed by atoms with Crippen molar-refractivity contribution < 1.29 is 24.8 Å². The van der Waals surface area contributed by atoms with Gasteiger partial charge >= 0.3 is 0 Å². The van der Waals surface area contributed by atoms with Gasteiger partial charge in [-0.1, -0.05) is 13.8 Å². The van der Waals surface area contributed by atoms with Gasteiger partial charge in [0.05, 0.1) is 11.2 Å². The van der Waals surface area contributed by atoms with Crippen LogP contribution in [0.2, 0.25) is 0 Å². The quantitative estimate of drug-likeness (QED) is 0.568. The van der Waals surface area contributed by atoms with Crippen LogP contribution in [-0.4, -0.2) is 68.7 Å². The molecule has 7 heteroatoms. The first-order valence-electron chi connectivity index (χ1n) is 6.55. The van der Waals surface area contributed by atoms with Crippen LogP contribution in [0.5, 0.6) is 0 Å². The largest absolute Gasteiger partial charge is 0.388 e. The molecular formula is C12H24O5S2. The summed E-state index contributed by atoms with van der Waals surface area (Å²) in [5.74, 6) is 1.69. The first kappa shape index (κ1) is 17.6. The summed E-state index contributed by atoms with van der Waals surface area (Å²) in [5.41, 5.74) is 0. The van der Waals surface area contributed by atoms with Crippen molar-refractivity contribution in [3.8, 4) is 0 Å². The standard InChI is InChI=1S/C12H24O5S2/c1-4-18-12(19-5-2)11(15)10(14)9(13)8-6-16-7(3)17-8/h7-15H,4-6H2,1-3H3. The maximum atomic E-state index is 10.2.